The van der Waals surface area contributed by atoms with Gasteiger partial charge in [-0.25, -0.2) is 18.4 Å². The Hall–Kier alpha value is -2.97. The number of sulfonamides is 1. The number of nitrogens with one attached hydrogen (secondary N) is 1. The highest BCUT2D eigenvalue weighted by Gasteiger charge is 2.24. The Bertz CT molecular complexity index is 1310. The standard InChI is InChI=1S/C22H24N4O3S/c1-3-11-26(12-4-2)30(28,29)15-9-10-18-16(13-15)17(22(27)25-18)14-21-23-19-7-5-6-8-20(19)24-21/h5-10,13-14,25,27H,3-4,11-12H2,1-2H3. The van der Waals surface area contributed by atoms with Crippen LogP contribution in [0.25, 0.3) is 17.0 Å². The predicted molar refractivity (Wildman–Crippen MR) is 116 cm³/mol. The Labute approximate surface area is 175 Å². The topological polar surface area (TPSA) is 98.1 Å². The summed E-state index contributed by atoms with van der Waals surface area (Å²) in [5.74, 6) is 0.409. The molecule has 3 aromatic rings. The van der Waals surface area contributed by atoms with Crippen molar-refractivity contribution in [1.29, 1.82) is 0 Å². The lowest BCUT2D eigenvalue weighted by molar-refractivity contribution is 0.410. The Balaban J connectivity index is 1.81. The van der Waals surface area contributed by atoms with E-state index in [1.165, 1.54) is 4.31 Å². The number of hydrogen-bond acceptors (Lipinski definition) is 5. The second kappa shape index (κ2) is 8.04. The molecule has 0 saturated carbocycles. The molecule has 0 unspecified atom stereocenters. The van der Waals surface area contributed by atoms with Crippen LogP contribution in [0.5, 0.6) is 5.88 Å². The quantitative estimate of drug-likeness (QED) is 0.610. The molecule has 1 aliphatic heterocycles. The molecule has 2 N–H and O–H groups in total. The number of para-hydroxylation sites is 2. The molecule has 0 atom stereocenters. The van der Waals surface area contributed by atoms with Crippen molar-refractivity contribution in [3.05, 3.63) is 64.6 Å². The molecule has 8 heteroatoms. The molecule has 2 aromatic carbocycles. The molecule has 0 spiro atoms. The van der Waals surface area contributed by atoms with Gasteiger partial charge in [-0.3, -0.25) is 0 Å². The van der Waals surface area contributed by atoms with E-state index in [2.05, 4.69) is 15.0 Å². The first-order valence-corrected chi connectivity index (χ1v) is 11.5. The number of aromatic nitrogens is 1. The fourth-order valence-electron chi connectivity index (χ4n) is 3.60. The third kappa shape index (κ3) is 3.64. The lowest BCUT2D eigenvalue weighted by atomic mass is 10.1. The van der Waals surface area contributed by atoms with E-state index in [-0.39, 0.29) is 10.8 Å². The summed E-state index contributed by atoms with van der Waals surface area (Å²) < 4.78 is 27.8. The predicted octanol–water partition coefficient (Wildman–Crippen LogP) is 2.94. The van der Waals surface area contributed by atoms with Crippen LogP contribution in [0.1, 0.15) is 32.3 Å². The molecule has 0 amide bonds. The van der Waals surface area contributed by atoms with Crippen LogP contribution >= 0.6 is 0 Å². The van der Waals surface area contributed by atoms with Crippen LogP contribution < -0.4 is 10.7 Å². The van der Waals surface area contributed by atoms with Gasteiger partial charge in [0.25, 0.3) is 0 Å². The van der Waals surface area contributed by atoms with E-state index < -0.39 is 10.0 Å². The minimum Gasteiger partial charge on any atom is -0.494 e. The first kappa shape index (κ1) is 20.3. The Morgan fingerprint density at radius 3 is 2.27 bits per heavy atom. The summed E-state index contributed by atoms with van der Waals surface area (Å²) in [6.45, 7) is 4.87. The number of H-pyrrole nitrogens is 1. The molecule has 1 aromatic heterocycles. The van der Waals surface area contributed by atoms with Gasteiger partial charge in [-0.1, -0.05) is 26.0 Å². The van der Waals surface area contributed by atoms with Crippen molar-refractivity contribution in [2.75, 3.05) is 13.1 Å². The zero-order valence-corrected chi connectivity index (χ0v) is 17.8. The maximum absolute atomic E-state index is 13.2. The second-order valence-corrected chi connectivity index (χ2v) is 9.15. The van der Waals surface area contributed by atoms with E-state index in [0.29, 0.717) is 35.4 Å². The van der Waals surface area contributed by atoms with E-state index in [4.69, 9.17) is 0 Å². The number of hydrogen-bond donors (Lipinski definition) is 2. The summed E-state index contributed by atoms with van der Waals surface area (Å²) in [5, 5.41) is 12.6. The number of rotatable bonds is 7. The third-order valence-corrected chi connectivity index (χ3v) is 6.89. The molecule has 7 nitrogen and oxygen atoms in total. The van der Waals surface area contributed by atoms with E-state index >= 15 is 0 Å². The molecular formula is C22H24N4O3S. The van der Waals surface area contributed by atoms with Gasteiger partial charge in [0.2, 0.25) is 10.0 Å². The number of aromatic amines is 1. The molecule has 0 fully saturated rings. The Morgan fingerprint density at radius 2 is 1.67 bits per heavy atom. The first-order valence-electron chi connectivity index (χ1n) is 10.0. The number of benzene rings is 2. The van der Waals surface area contributed by atoms with Crippen molar-refractivity contribution in [3.63, 3.8) is 0 Å². The van der Waals surface area contributed by atoms with Crippen LogP contribution in [0.2, 0.25) is 0 Å². The van der Waals surface area contributed by atoms with Gasteiger partial charge < -0.3 is 10.1 Å². The minimum atomic E-state index is -3.63. The van der Waals surface area contributed by atoms with Crippen LogP contribution in [-0.2, 0) is 10.0 Å². The molecule has 0 saturated heterocycles. The lowest BCUT2D eigenvalue weighted by Crippen LogP contribution is -2.32. The molecule has 0 bridgehead atoms. The van der Waals surface area contributed by atoms with Crippen molar-refractivity contribution in [3.8, 4) is 5.88 Å². The number of aromatic hydroxyl groups is 1. The summed E-state index contributed by atoms with van der Waals surface area (Å²) in [4.78, 5) is 12.0. The highest BCUT2D eigenvalue weighted by molar-refractivity contribution is 7.89. The Morgan fingerprint density at radius 1 is 1.03 bits per heavy atom. The smallest absolute Gasteiger partial charge is 0.243 e. The number of fused-ring (bicyclic) bond motifs is 2. The summed E-state index contributed by atoms with van der Waals surface area (Å²) in [6.07, 6.45) is 3.15. The van der Waals surface area contributed by atoms with Crippen molar-refractivity contribution >= 4 is 27.0 Å². The monoisotopic (exact) mass is 424 g/mol. The SMILES string of the molecule is CCCN(CCC)S(=O)(=O)c1ccc2[nH]c(O)c(C=C3N=c4ccccc4=N3)c2c1. The van der Waals surface area contributed by atoms with Gasteiger partial charge in [0.05, 0.1) is 15.6 Å². The zero-order valence-electron chi connectivity index (χ0n) is 17.0. The summed E-state index contributed by atoms with van der Waals surface area (Å²) in [6, 6.07) is 12.4. The van der Waals surface area contributed by atoms with Crippen LogP contribution in [0.4, 0.5) is 0 Å². The molecule has 0 aliphatic carbocycles. The third-order valence-electron chi connectivity index (χ3n) is 5.00. The van der Waals surface area contributed by atoms with Gasteiger partial charge in [0.15, 0.2) is 11.7 Å². The van der Waals surface area contributed by atoms with E-state index in [9.17, 15) is 13.5 Å². The molecule has 2 heterocycles. The van der Waals surface area contributed by atoms with E-state index in [1.807, 2.05) is 38.1 Å². The minimum absolute atomic E-state index is 0.0487. The van der Waals surface area contributed by atoms with Crippen LogP contribution in [0.15, 0.2) is 63.2 Å². The molecule has 4 rings (SSSR count). The molecular weight excluding hydrogens is 400 g/mol. The Kier molecular flexibility index (Phi) is 5.44. The van der Waals surface area contributed by atoms with Gasteiger partial charge in [-0.15, -0.1) is 0 Å². The highest BCUT2D eigenvalue weighted by atomic mass is 32.2. The number of nitrogens with zero attached hydrogens (tertiary/aromatic N) is 3. The molecule has 0 radical (unpaired) electrons. The first-order chi connectivity index (χ1) is 14.4. The summed E-state index contributed by atoms with van der Waals surface area (Å²) in [5.41, 5.74) is 1.11. The molecule has 30 heavy (non-hydrogen) atoms. The maximum Gasteiger partial charge on any atom is 0.243 e. The van der Waals surface area contributed by atoms with Gasteiger partial charge in [0, 0.05) is 29.6 Å². The van der Waals surface area contributed by atoms with Crippen molar-refractivity contribution in [2.45, 2.75) is 31.6 Å². The average Bonchev–Trinajstić information content (AvgIpc) is 3.28. The lowest BCUT2D eigenvalue weighted by Gasteiger charge is -2.21. The largest absolute Gasteiger partial charge is 0.494 e. The fourth-order valence-corrected chi connectivity index (χ4v) is 5.25. The normalized spacial score (nSPS) is 13.4. The van der Waals surface area contributed by atoms with Gasteiger partial charge in [-0.2, -0.15) is 4.31 Å². The molecule has 156 valence electrons. The summed E-state index contributed by atoms with van der Waals surface area (Å²) >= 11 is 0. The zero-order chi connectivity index (χ0) is 21.3. The second-order valence-electron chi connectivity index (χ2n) is 7.21. The van der Waals surface area contributed by atoms with E-state index in [0.717, 1.165) is 23.6 Å². The van der Waals surface area contributed by atoms with Gasteiger partial charge >= 0.3 is 0 Å². The van der Waals surface area contributed by atoms with Crippen LogP contribution in [0.3, 0.4) is 0 Å². The average molecular weight is 425 g/mol. The van der Waals surface area contributed by atoms with Crippen molar-refractivity contribution < 1.29 is 13.5 Å². The van der Waals surface area contributed by atoms with Crippen LogP contribution in [0, 0.1) is 0 Å². The van der Waals surface area contributed by atoms with Crippen molar-refractivity contribution in [2.24, 2.45) is 9.98 Å². The van der Waals surface area contributed by atoms with E-state index in [1.54, 1.807) is 24.3 Å². The molecule has 1 aliphatic rings. The fraction of sp³-hybridized carbons (Fsp3) is 0.273. The van der Waals surface area contributed by atoms with Crippen LogP contribution in [-0.4, -0.2) is 35.9 Å². The highest BCUT2D eigenvalue weighted by Crippen LogP contribution is 2.32. The van der Waals surface area contributed by atoms with Gasteiger partial charge in [0.1, 0.15) is 0 Å². The summed E-state index contributed by atoms with van der Waals surface area (Å²) in [7, 11) is -3.63. The van der Waals surface area contributed by atoms with Gasteiger partial charge in [-0.05, 0) is 49.2 Å². The van der Waals surface area contributed by atoms with Crippen molar-refractivity contribution in [1.82, 2.24) is 9.29 Å². The maximum atomic E-state index is 13.2.